The van der Waals surface area contributed by atoms with Gasteiger partial charge in [-0.2, -0.15) is 0 Å². The zero-order valence-corrected chi connectivity index (χ0v) is 4.30. The molecule has 1 nitrogen and oxygen atoms in total. The van der Waals surface area contributed by atoms with Gasteiger partial charge in [0.15, 0.2) is 9.04 Å². The highest BCUT2D eigenvalue weighted by Crippen LogP contribution is 2.15. The predicted molar refractivity (Wildman–Crippen MR) is 23.6 cm³/mol. The Morgan fingerprint density at radius 3 is 1.80 bits per heavy atom. The smallest absolute Gasteiger partial charge is 0.172 e. The van der Waals surface area contributed by atoms with E-state index in [2.05, 4.69) is 0 Å². The Bertz CT molecular complexity index is 33.9. The lowest BCUT2D eigenvalue weighted by atomic mass is 10.5. The molecule has 0 aliphatic carbocycles. The standard InChI is InChI=1S/C3H8OSi/c4-5-2-1-3-5/h4-5H,1-3H2. The third-order valence-electron chi connectivity index (χ3n) is 1.07. The highest BCUT2D eigenvalue weighted by atomic mass is 28.3. The normalized spacial score (nSPS) is 25.8. The van der Waals surface area contributed by atoms with Crippen molar-refractivity contribution in [1.29, 1.82) is 0 Å². The second kappa shape index (κ2) is 1.10. The van der Waals surface area contributed by atoms with E-state index in [1.54, 1.807) is 0 Å². The van der Waals surface area contributed by atoms with Crippen LogP contribution in [0.1, 0.15) is 6.42 Å². The topological polar surface area (TPSA) is 20.2 Å². The molecule has 1 saturated heterocycles. The molecule has 1 rings (SSSR count). The fraction of sp³-hybridized carbons (Fsp3) is 1.00. The average molecular weight is 88.2 g/mol. The molecule has 1 heterocycles. The molecule has 2 heteroatoms. The molecule has 0 unspecified atom stereocenters. The number of hydrogen-bond donors (Lipinski definition) is 1. The Labute approximate surface area is 33.4 Å². The quantitative estimate of drug-likeness (QED) is 0.417. The molecule has 1 aliphatic rings. The van der Waals surface area contributed by atoms with Crippen molar-refractivity contribution in [3.05, 3.63) is 0 Å². The Morgan fingerprint density at radius 2 is 1.80 bits per heavy atom. The van der Waals surface area contributed by atoms with Crippen molar-refractivity contribution < 1.29 is 4.80 Å². The maximum absolute atomic E-state index is 8.59. The van der Waals surface area contributed by atoms with Gasteiger partial charge in [-0.15, -0.1) is 0 Å². The van der Waals surface area contributed by atoms with Crippen LogP contribution in [0.4, 0.5) is 0 Å². The van der Waals surface area contributed by atoms with Gasteiger partial charge in [-0.3, -0.25) is 0 Å². The van der Waals surface area contributed by atoms with Crippen molar-refractivity contribution >= 4 is 9.04 Å². The molecule has 0 spiro atoms. The summed E-state index contributed by atoms with van der Waals surface area (Å²) < 4.78 is 0. The van der Waals surface area contributed by atoms with E-state index in [1.165, 1.54) is 18.5 Å². The van der Waals surface area contributed by atoms with Crippen molar-refractivity contribution in [1.82, 2.24) is 0 Å². The van der Waals surface area contributed by atoms with E-state index in [0.29, 0.717) is 0 Å². The Kier molecular flexibility index (Phi) is 0.745. The lowest BCUT2D eigenvalue weighted by Gasteiger charge is -2.15. The first kappa shape index (κ1) is 3.37. The molecule has 30 valence electrons. The monoisotopic (exact) mass is 88.0 g/mol. The van der Waals surface area contributed by atoms with Crippen LogP contribution in [0.2, 0.25) is 12.1 Å². The van der Waals surface area contributed by atoms with Crippen molar-refractivity contribution in [2.45, 2.75) is 18.5 Å². The summed E-state index contributed by atoms with van der Waals surface area (Å²) in [4.78, 5) is 8.59. The average Bonchev–Trinajstić information content (AvgIpc) is 1.30. The highest BCUT2D eigenvalue weighted by molar-refractivity contribution is 6.53. The molecule has 5 heavy (non-hydrogen) atoms. The first-order valence-electron chi connectivity index (χ1n) is 2.07. The third kappa shape index (κ3) is 0.519. The van der Waals surface area contributed by atoms with Gasteiger partial charge in [0.1, 0.15) is 0 Å². The van der Waals surface area contributed by atoms with E-state index < -0.39 is 9.04 Å². The fourth-order valence-corrected chi connectivity index (χ4v) is 1.16. The van der Waals surface area contributed by atoms with Gasteiger partial charge in [-0.05, 0) is 12.1 Å². The van der Waals surface area contributed by atoms with Gasteiger partial charge in [0, 0.05) is 0 Å². The molecular formula is C3H8OSi. The molecular weight excluding hydrogens is 80.1 g/mol. The van der Waals surface area contributed by atoms with Crippen LogP contribution >= 0.6 is 0 Å². The molecule has 0 aromatic heterocycles. The van der Waals surface area contributed by atoms with Gasteiger partial charge in [0.25, 0.3) is 0 Å². The molecule has 0 radical (unpaired) electrons. The Morgan fingerprint density at radius 1 is 1.40 bits per heavy atom. The Balaban J connectivity index is 2.08. The molecule has 0 saturated carbocycles. The second-order valence-corrected chi connectivity index (χ2v) is 4.05. The highest BCUT2D eigenvalue weighted by Gasteiger charge is 2.14. The maximum Gasteiger partial charge on any atom is 0.172 e. The van der Waals surface area contributed by atoms with Crippen LogP contribution in [0.3, 0.4) is 0 Å². The summed E-state index contributed by atoms with van der Waals surface area (Å²) in [6.07, 6.45) is 1.30. The first-order valence-corrected chi connectivity index (χ1v) is 4.22. The van der Waals surface area contributed by atoms with E-state index in [9.17, 15) is 0 Å². The largest absolute Gasteiger partial charge is 0.435 e. The van der Waals surface area contributed by atoms with Crippen LogP contribution in [0, 0.1) is 0 Å². The summed E-state index contributed by atoms with van der Waals surface area (Å²) in [5.41, 5.74) is 0. The molecule has 0 bridgehead atoms. The zero-order valence-electron chi connectivity index (χ0n) is 3.15. The molecule has 1 N–H and O–H groups in total. The van der Waals surface area contributed by atoms with Crippen molar-refractivity contribution in [3.63, 3.8) is 0 Å². The number of hydrogen-bond acceptors (Lipinski definition) is 1. The van der Waals surface area contributed by atoms with Crippen LogP contribution in [0.15, 0.2) is 0 Å². The Hall–Kier alpha value is 0.177. The van der Waals surface area contributed by atoms with Gasteiger partial charge in [-0.1, -0.05) is 6.42 Å². The third-order valence-corrected chi connectivity index (χ3v) is 3.22. The van der Waals surface area contributed by atoms with Crippen LogP contribution in [-0.4, -0.2) is 13.8 Å². The van der Waals surface area contributed by atoms with Gasteiger partial charge >= 0.3 is 0 Å². The van der Waals surface area contributed by atoms with Crippen molar-refractivity contribution in [2.24, 2.45) is 0 Å². The summed E-state index contributed by atoms with van der Waals surface area (Å²) in [7, 11) is -0.969. The lowest BCUT2D eigenvalue weighted by Crippen LogP contribution is -2.19. The predicted octanol–water partition coefficient (Wildman–Crippen LogP) is 0.106. The van der Waals surface area contributed by atoms with Crippen LogP contribution < -0.4 is 0 Å². The fourth-order valence-electron chi connectivity index (χ4n) is 0.387. The van der Waals surface area contributed by atoms with Crippen LogP contribution in [0.5, 0.6) is 0 Å². The SMILES string of the molecule is O[SiH]1CCC1. The van der Waals surface area contributed by atoms with Gasteiger partial charge in [0.2, 0.25) is 0 Å². The van der Waals surface area contributed by atoms with Gasteiger partial charge in [0.05, 0.1) is 0 Å². The maximum atomic E-state index is 8.59. The van der Waals surface area contributed by atoms with Crippen LogP contribution in [-0.2, 0) is 0 Å². The molecule has 0 aromatic carbocycles. The van der Waals surface area contributed by atoms with Crippen molar-refractivity contribution in [2.75, 3.05) is 0 Å². The van der Waals surface area contributed by atoms with Gasteiger partial charge in [-0.25, -0.2) is 0 Å². The van der Waals surface area contributed by atoms with Gasteiger partial charge < -0.3 is 4.80 Å². The van der Waals surface area contributed by atoms with E-state index in [0.717, 1.165) is 0 Å². The molecule has 1 fully saturated rings. The minimum atomic E-state index is -0.969. The first-order chi connectivity index (χ1) is 2.39. The van der Waals surface area contributed by atoms with Crippen LogP contribution in [0.25, 0.3) is 0 Å². The lowest BCUT2D eigenvalue weighted by molar-refractivity contribution is 0.536. The zero-order chi connectivity index (χ0) is 3.70. The molecule has 0 atom stereocenters. The molecule has 1 aliphatic heterocycles. The minimum Gasteiger partial charge on any atom is -0.435 e. The summed E-state index contributed by atoms with van der Waals surface area (Å²) in [6.45, 7) is 0. The van der Waals surface area contributed by atoms with E-state index in [4.69, 9.17) is 4.80 Å². The number of rotatable bonds is 0. The van der Waals surface area contributed by atoms with E-state index >= 15 is 0 Å². The minimum absolute atomic E-state index is 0.969. The summed E-state index contributed by atoms with van der Waals surface area (Å²) in [5.74, 6) is 0. The molecule has 0 aromatic rings. The molecule has 0 amide bonds. The second-order valence-electron chi connectivity index (χ2n) is 1.58. The van der Waals surface area contributed by atoms with E-state index in [-0.39, 0.29) is 0 Å². The van der Waals surface area contributed by atoms with Crippen molar-refractivity contribution in [3.8, 4) is 0 Å². The van der Waals surface area contributed by atoms with E-state index in [1.807, 2.05) is 0 Å². The summed E-state index contributed by atoms with van der Waals surface area (Å²) in [5, 5.41) is 0. The summed E-state index contributed by atoms with van der Waals surface area (Å²) in [6, 6.07) is 2.36. The summed E-state index contributed by atoms with van der Waals surface area (Å²) >= 11 is 0.